The van der Waals surface area contributed by atoms with E-state index in [-0.39, 0.29) is 35.5 Å². The lowest BCUT2D eigenvalue weighted by atomic mass is 10.0. The molecule has 0 aromatic heterocycles. The summed E-state index contributed by atoms with van der Waals surface area (Å²) in [6.07, 6.45) is 0.946. The Hall–Kier alpha value is -4.34. The van der Waals surface area contributed by atoms with E-state index < -0.39 is 28.5 Å². The number of nitrogens with one attached hydrogen (secondary N) is 1. The molecule has 0 heterocycles. The molecule has 8 nitrogen and oxygen atoms in total. The molecule has 242 valence electrons. The number of rotatable bonds is 14. The number of sulfonamides is 1. The van der Waals surface area contributed by atoms with Gasteiger partial charge in [-0.15, -0.1) is 0 Å². The van der Waals surface area contributed by atoms with Crippen molar-refractivity contribution < 1.29 is 22.7 Å². The van der Waals surface area contributed by atoms with Crippen molar-refractivity contribution in [3.63, 3.8) is 0 Å². The van der Waals surface area contributed by atoms with Gasteiger partial charge in [0.25, 0.3) is 10.0 Å². The summed E-state index contributed by atoms with van der Waals surface area (Å²) in [7, 11) is -2.77. The molecule has 0 aliphatic carbocycles. The SMILES string of the molecule is CC[C@H](C)NC(=O)[C@@H](Cc1ccccc1)N(Cc1ccc(C)cc1)C(=O)CN(c1cccc(Cl)c1)S(=O)(=O)c1ccc(OC)cc1. The Balaban J connectivity index is 1.80. The summed E-state index contributed by atoms with van der Waals surface area (Å²) in [6, 6.07) is 28.4. The van der Waals surface area contributed by atoms with Crippen LogP contribution in [0.25, 0.3) is 0 Å². The number of hydrogen-bond donors (Lipinski definition) is 1. The van der Waals surface area contributed by atoms with Gasteiger partial charge < -0.3 is 15.0 Å². The van der Waals surface area contributed by atoms with Crippen molar-refractivity contribution in [2.75, 3.05) is 18.0 Å². The standard InChI is InChI=1S/C36H40ClN3O5S/c1-5-27(3)38-36(42)34(22-28-10-7-6-8-11-28)39(24-29-16-14-26(2)15-17-29)35(41)25-40(31-13-9-12-30(37)23-31)46(43,44)33-20-18-32(45-4)19-21-33/h6-21,23,27,34H,5,22,24-25H2,1-4H3,(H,38,42)/t27-,34+/m0/s1. The fourth-order valence-corrected chi connectivity index (χ4v) is 6.51. The summed E-state index contributed by atoms with van der Waals surface area (Å²) in [4.78, 5) is 29.9. The first kappa shape index (κ1) is 34.5. The average Bonchev–Trinajstić information content (AvgIpc) is 3.06. The Morgan fingerprint density at radius 2 is 1.57 bits per heavy atom. The summed E-state index contributed by atoms with van der Waals surface area (Å²) in [5.41, 5.74) is 2.94. The quantitative estimate of drug-likeness (QED) is 0.169. The third-order valence-corrected chi connectivity index (χ3v) is 9.79. The monoisotopic (exact) mass is 661 g/mol. The zero-order valence-electron chi connectivity index (χ0n) is 26.5. The topological polar surface area (TPSA) is 96.0 Å². The Labute approximate surface area is 277 Å². The zero-order valence-corrected chi connectivity index (χ0v) is 28.1. The molecular formula is C36H40ClN3O5S. The maximum atomic E-state index is 14.5. The van der Waals surface area contributed by atoms with Gasteiger partial charge in [0.1, 0.15) is 18.3 Å². The van der Waals surface area contributed by atoms with E-state index in [9.17, 15) is 18.0 Å². The van der Waals surface area contributed by atoms with E-state index in [1.54, 1.807) is 30.3 Å². The van der Waals surface area contributed by atoms with Crippen LogP contribution in [-0.4, -0.2) is 50.9 Å². The number of aryl methyl sites for hydroxylation is 1. The van der Waals surface area contributed by atoms with Crippen LogP contribution >= 0.6 is 11.6 Å². The molecule has 10 heteroatoms. The van der Waals surface area contributed by atoms with Crippen molar-refractivity contribution in [3.8, 4) is 5.75 Å². The number of hydrogen-bond acceptors (Lipinski definition) is 5. The molecule has 0 saturated heterocycles. The van der Waals surface area contributed by atoms with Gasteiger partial charge in [0.05, 0.1) is 17.7 Å². The average molecular weight is 662 g/mol. The molecule has 0 aliphatic rings. The third kappa shape index (κ3) is 8.89. The lowest BCUT2D eigenvalue weighted by molar-refractivity contribution is -0.140. The Morgan fingerprint density at radius 1 is 0.891 bits per heavy atom. The van der Waals surface area contributed by atoms with Crippen LogP contribution in [0.4, 0.5) is 5.69 Å². The van der Waals surface area contributed by atoms with E-state index in [0.717, 1.165) is 21.0 Å². The normalized spacial score (nSPS) is 12.5. The molecule has 4 aromatic rings. The first-order valence-corrected chi connectivity index (χ1v) is 16.9. The first-order valence-electron chi connectivity index (χ1n) is 15.1. The number of methoxy groups -OCH3 is 1. The maximum absolute atomic E-state index is 14.5. The molecule has 46 heavy (non-hydrogen) atoms. The molecule has 0 bridgehead atoms. The number of ether oxygens (including phenoxy) is 1. The van der Waals surface area contributed by atoms with Gasteiger partial charge in [0.2, 0.25) is 11.8 Å². The second-order valence-corrected chi connectivity index (χ2v) is 13.5. The van der Waals surface area contributed by atoms with Crippen LogP contribution in [0, 0.1) is 6.92 Å². The van der Waals surface area contributed by atoms with Crippen LogP contribution in [0.15, 0.2) is 108 Å². The van der Waals surface area contributed by atoms with Crippen LogP contribution in [0.2, 0.25) is 5.02 Å². The number of anilines is 1. The number of carbonyl (C=O) groups is 2. The molecule has 0 aliphatic heterocycles. The van der Waals surface area contributed by atoms with Crippen LogP contribution in [0.5, 0.6) is 5.75 Å². The van der Waals surface area contributed by atoms with Gasteiger partial charge in [-0.05, 0) is 73.9 Å². The second kappa shape index (κ2) is 15.8. The van der Waals surface area contributed by atoms with Crippen molar-refractivity contribution in [3.05, 3.63) is 125 Å². The molecule has 2 amide bonds. The van der Waals surface area contributed by atoms with E-state index >= 15 is 0 Å². The molecule has 1 N–H and O–H groups in total. The van der Waals surface area contributed by atoms with Gasteiger partial charge in [-0.3, -0.25) is 13.9 Å². The third-order valence-electron chi connectivity index (χ3n) is 7.77. The van der Waals surface area contributed by atoms with E-state index in [0.29, 0.717) is 17.2 Å². The molecule has 0 radical (unpaired) electrons. The van der Waals surface area contributed by atoms with Crippen molar-refractivity contribution in [1.29, 1.82) is 0 Å². The number of halogens is 1. The first-order chi connectivity index (χ1) is 22.0. The predicted octanol–water partition coefficient (Wildman–Crippen LogP) is 6.41. The molecule has 0 spiro atoms. The summed E-state index contributed by atoms with van der Waals surface area (Å²) in [5.74, 6) is -0.367. The molecular weight excluding hydrogens is 622 g/mol. The summed E-state index contributed by atoms with van der Waals surface area (Å²) < 4.78 is 34.6. The number of amides is 2. The highest BCUT2D eigenvalue weighted by molar-refractivity contribution is 7.92. The van der Waals surface area contributed by atoms with E-state index in [1.165, 1.54) is 30.2 Å². The smallest absolute Gasteiger partial charge is 0.264 e. The van der Waals surface area contributed by atoms with Crippen LogP contribution < -0.4 is 14.4 Å². The van der Waals surface area contributed by atoms with Crippen LogP contribution in [0.1, 0.15) is 37.0 Å². The summed E-state index contributed by atoms with van der Waals surface area (Å²) in [6.45, 7) is 5.38. The second-order valence-electron chi connectivity index (χ2n) is 11.2. The highest BCUT2D eigenvalue weighted by Crippen LogP contribution is 2.28. The highest BCUT2D eigenvalue weighted by Gasteiger charge is 2.35. The molecule has 2 atom stereocenters. The Bertz CT molecular complexity index is 1720. The lowest BCUT2D eigenvalue weighted by Crippen LogP contribution is -2.54. The fraction of sp³-hybridized carbons (Fsp3) is 0.278. The molecule has 0 fully saturated rings. The molecule has 0 unspecified atom stereocenters. The maximum Gasteiger partial charge on any atom is 0.264 e. The minimum atomic E-state index is -4.26. The fourth-order valence-electron chi connectivity index (χ4n) is 4.92. The van der Waals surface area contributed by atoms with Gasteiger partial charge in [0, 0.05) is 24.0 Å². The van der Waals surface area contributed by atoms with Gasteiger partial charge in [-0.1, -0.05) is 84.8 Å². The number of carbonyl (C=O) groups excluding carboxylic acids is 2. The van der Waals surface area contributed by atoms with Crippen molar-refractivity contribution in [1.82, 2.24) is 10.2 Å². The van der Waals surface area contributed by atoms with Crippen molar-refractivity contribution >= 4 is 39.1 Å². The minimum Gasteiger partial charge on any atom is -0.497 e. The Morgan fingerprint density at radius 3 is 2.17 bits per heavy atom. The van der Waals surface area contributed by atoms with E-state index in [4.69, 9.17) is 16.3 Å². The van der Waals surface area contributed by atoms with Gasteiger partial charge in [0.15, 0.2) is 0 Å². The molecule has 0 saturated carbocycles. The van der Waals surface area contributed by atoms with Crippen molar-refractivity contribution in [2.45, 2.75) is 57.1 Å². The summed E-state index contributed by atoms with van der Waals surface area (Å²) in [5, 5.41) is 3.36. The molecule has 4 aromatic carbocycles. The number of benzene rings is 4. The van der Waals surface area contributed by atoms with Gasteiger partial charge in [-0.25, -0.2) is 8.42 Å². The minimum absolute atomic E-state index is 0.0264. The molecule has 4 rings (SSSR count). The van der Waals surface area contributed by atoms with Crippen LogP contribution in [-0.2, 0) is 32.6 Å². The largest absolute Gasteiger partial charge is 0.497 e. The van der Waals surface area contributed by atoms with Gasteiger partial charge >= 0.3 is 0 Å². The summed E-state index contributed by atoms with van der Waals surface area (Å²) >= 11 is 6.30. The lowest BCUT2D eigenvalue weighted by Gasteiger charge is -2.34. The van der Waals surface area contributed by atoms with Crippen LogP contribution in [0.3, 0.4) is 0 Å². The Kier molecular flexibility index (Phi) is 11.8. The highest BCUT2D eigenvalue weighted by atomic mass is 35.5. The zero-order chi connectivity index (χ0) is 33.3. The predicted molar refractivity (Wildman–Crippen MR) is 183 cm³/mol. The van der Waals surface area contributed by atoms with E-state index in [2.05, 4.69) is 5.32 Å². The van der Waals surface area contributed by atoms with Gasteiger partial charge in [-0.2, -0.15) is 0 Å². The van der Waals surface area contributed by atoms with E-state index in [1.807, 2.05) is 75.4 Å². The van der Waals surface area contributed by atoms with Crippen molar-refractivity contribution in [2.24, 2.45) is 0 Å². The number of nitrogens with zero attached hydrogens (tertiary/aromatic N) is 2.